The number of rotatable bonds is 1. The summed E-state index contributed by atoms with van der Waals surface area (Å²) < 4.78 is 0. The quantitative estimate of drug-likeness (QED) is 0.232. The number of guanidine groups is 1. The Hall–Kier alpha value is -0.454. The first-order chi connectivity index (χ1) is 6.91. The first-order valence-electron chi connectivity index (χ1n) is 3.65. The molecule has 10 heteroatoms. The van der Waals surface area contributed by atoms with Crippen molar-refractivity contribution in [2.24, 2.45) is 5.73 Å². The predicted octanol–water partition coefficient (Wildman–Crippen LogP) is -1.73. The molecule has 0 saturated heterocycles. The van der Waals surface area contributed by atoms with E-state index in [-0.39, 0.29) is 73.9 Å². The fraction of sp³-hybridized carbons (Fsp3) is 0. The van der Waals surface area contributed by atoms with Crippen molar-refractivity contribution < 1.29 is 4.79 Å². The normalized spacial score (nSPS) is 9.06. The average Bonchev–Trinajstić information content (AvgIpc) is 2.09. The maximum atomic E-state index is 11.3. The number of hydrogen-bond acceptors (Lipinski definition) is 6. The molecule has 0 aliphatic heterocycles. The van der Waals surface area contributed by atoms with E-state index in [2.05, 4.69) is 9.97 Å². The first kappa shape index (κ1) is 15.5. The van der Waals surface area contributed by atoms with Crippen LogP contribution < -0.4 is 22.5 Å². The summed E-state index contributed by atoms with van der Waals surface area (Å²) in [5.41, 5.74) is 15.4. The summed E-state index contributed by atoms with van der Waals surface area (Å²) >= 11 is 5.55. The molecule has 8 N–H and O–H groups in total. The molecular weight excluding hydrogens is 261 g/mol. The summed E-state index contributed by atoms with van der Waals surface area (Å²) in [6.07, 6.45) is 0. The number of nitrogens with two attached hydrogens (primary N) is 3. The summed E-state index contributed by atoms with van der Waals surface area (Å²) in [5.74, 6) is -1.56. The monoisotopic (exact) mass is 269 g/mol. The van der Waals surface area contributed by atoms with Crippen molar-refractivity contribution in [2.45, 2.75) is 0 Å². The number of carbonyl (C=O) groups excluding carboxylic acids is 1. The van der Waals surface area contributed by atoms with Crippen molar-refractivity contribution in [1.82, 2.24) is 15.3 Å². The van der Waals surface area contributed by atoms with Gasteiger partial charge in [0, 0.05) is 0 Å². The van der Waals surface area contributed by atoms with E-state index in [1.54, 1.807) is 0 Å². The molecule has 1 aromatic rings. The zero-order chi connectivity index (χ0) is 11.6. The van der Waals surface area contributed by atoms with Gasteiger partial charge in [0.2, 0.25) is 0 Å². The Morgan fingerprint density at radius 1 is 1.31 bits per heavy atom. The van der Waals surface area contributed by atoms with E-state index in [9.17, 15) is 4.79 Å². The third-order valence-corrected chi connectivity index (χ3v) is 1.65. The number of hydrogen-bond donors (Lipinski definition) is 5. The second-order valence-corrected chi connectivity index (χ2v) is 2.86. The van der Waals surface area contributed by atoms with Crippen molar-refractivity contribution in [3.63, 3.8) is 0 Å². The number of carbonyl (C=O) groups is 1. The average molecular weight is 270 g/mol. The Morgan fingerprint density at radius 2 is 1.88 bits per heavy atom. The zero-order valence-corrected chi connectivity index (χ0v) is 8.17. The molecule has 0 saturated carbocycles. The number of anilines is 2. The zero-order valence-electron chi connectivity index (χ0n) is 7.41. The van der Waals surface area contributed by atoms with Gasteiger partial charge in [-0.1, -0.05) is 11.6 Å². The Labute approximate surface area is 138 Å². The fourth-order valence-corrected chi connectivity index (χ4v) is 0.917. The van der Waals surface area contributed by atoms with Gasteiger partial charge in [-0.3, -0.25) is 15.5 Å². The molecule has 82 valence electrons. The summed E-state index contributed by atoms with van der Waals surface area (Å²) in [4.78, 5) is 18.5. The second kappa shape index (κ2) is 6.32. The number of nitrogens with zero attached hydrogens (tertiary/aromatic N) is 2. The third kappa shape index (κ3) is 3.85. The van der Waals surface area contributed by atoms with Crippen molar-refractivity contribution in [3.8, 4) is 0 Å². The molecule has 0 radical (unpaired) electrons. The van der Waals surface area contributed by atoms with Crippen LogP contribution in [0.4, 0.5) is 11.6 Å². The van der Waals surface area contributed by atoms with E-state index in [1.807, 2.05) is 5.32 Å². The van der Waals surface area contributed by atoms with E-state index < -0.39 is 11.9 Å². The van der Waals surface area contributed by atoms with Gasteiger partial charge >= 0.3 is 51.4 Å². The van der Waals surface area contributed by atoms with E-state index in [0.717, 1.165) is 0 Å². The topological polar surface area (TPSA) is 157 Å². The van der Waals surface area contributed by atoms with Gasteiger partial charge in [0.05, 0.1) is 0 Å². The molecule has 0 atom stereocenters. The molecule has 0 spiro atoms. The van der Waals surface area contributed by atoms with Gasteiger partial charge in [0.25, 0.3) is 5.91 Å². The van der Waals surface area contributed by atoms with E-state index in [0.29, 0.717) is 0 Å². The number of amides is 1. The summed E-state index contributed by atoms with van der Waals surface area (Å²) in [6, 6.07) is 0. The maximum absolute atomic E-state index is 11.3. The van der Waals surface area contributed by atoms with Crippen molar-refractivity contribution in [2.75, 3.05) is 11.5 Å². The Kier molecular flexibility index (Phi) is 6.14. The Bertz CT molecular complexity index is 437. The summed E-state index contributed by atoms with van der Waals surface area (Å²) in [5, 5.41) is 8.69. The first-order valence-corrected chi connectivity index (χ1v) is 4.03. The van der Waals surface area contributed by atoms with Gasteiger partial charge in [0.1, 0.15) is 0 Å². The molecule has 0 fully saturated rings. The summed E-state index contributed by atoms with van der Waals surface area (Å²) in [7, 11) is 0. The molecule has 0 aromatic carbocycles. The minimum atomic E-state index is -0.769. The molecule has 0 aliphatic rings. The van der Waals surface area contributed by atoms with Crippen LogP contribution in [-0.4, -0.2) is 73.2 Å². The van der Waals surface area contributed by atoms with Crippen molar-refractivity contribution in [3.05, 3.63) is 10.8 Å². The molecule has 0 unspecified atom stereocenters. The van der Waals surface area contributed by atoms with Crippen LogP contribution in [0.15, 0.2) is 0 Å². The minimum absolute atomic E-state index is 0. The number of nitrogen functional groups attached to an aromatic ring is 2. The van der Waals surface area contributed by atoms with Crippen LogP contribution in [0.2, 0.25) is 5.15 Å². The van der Waals surface area contributed by atoms with Gasteiger partial charge < -0.3 is 17.2 Å². The number of halogens is 1. The van der Waals surface area contributed by atoms with Crippen molar-refractivity contribution in [1.29, 1.82) is 5.41 Å². The van der Waals surface area contributed by atoms with Crippen LogP contribution in [0.5, 0.6) is 0 Å². The summed E-state index contributed by atoms with van der Waals surface area (Å²) in [6.45, 7) is 0. The van der Waals surface area contributed by atoms with Crippen molar-refractivity contribution >= 4 is 86.5 Å². The molecule has 16 heavy (non-hydrogen) atoms. The second-order valence-electron chi connectivity index (χ2n) is 2.50. The number of nitrogens with one attached hydrogen (secondary N) is 2. The van der Waals surface area contributed by atoms with Gasteiger partial charge in [-0.25, -0.2) is 9.97 Å². The van der Waals surface area contributed by atoms with E-state index in [1.165, 1.54) is 0 Å². The van der Waals surface area contributed by atoms with E-state index >= 15 is 0 Å². The van der Waals surface area contributed by atoms with Gasteiger partial charge in [0.15, 0.2) is 28.4 Å². The van der Waals surface area contributed by atoms with Crippen LogP contribution in [0.3, 0.4) is 0 Å². The Balaban J connectivity index is 0.00000225. The Morgan fingerprint density at radius 3 is 2.38 bits per heavy atom. The molecule has 1 heterocycles. The fourth-order valence-electron chi connectivity index (χ4n) is 0.790. The van der Waals surface area contributed by atoms with Crippen LogP contribution >= 0.6 is 11.6 Å². The standard InChI is InChI=1S/C6H8ClN7O.K.H/c7-2-4(9)13-3(8)1(12-2)5(15)14-6(10)11;;/h(H4,8,9,13)(H4,10,11,14,15);;. The molecule has 8 nitrogen and oxygen atoms in total. The molecule has 1 rings (SSSR count). The molecule has 1 amide bonds. The van der Waals surface area contributed by atoms with Gasteiger partial charge in [-0.05, 0) is 0 Å². The van der Waals surface area contributed by atoms with Crippen LogP contribution in [0.25, 0.3) is 0 Å². The predicted molar refractivity (Wildman–Crippen MR) is 62.4 cm³/mol. The third-order valence-electron chi connectivity index (χ3n) is 1.37. The SMILES string of the molecule is N=C(N)NC(=O)c1nc(Cl)c(N)nc1N.[KH]. The number of aromatic nitrogens is 2. The van der Waals surface area contributed by atoms with Crippen LogP contribution in [0.1, 0.15) is 10.5 Å². The van der Waals surface area contributed by atoms with E-state index in [4.69, 9.17) is 34.2 Å². The molecular formula is C6H9ClKN7O. The van der Waals surface area contributed by atoms with Gasteiger partial charge in [-0.15, -0.1) is 0 Å². The van der Waals surface area contributed by atoms with Gasteiger partial charge in [-0.2, -0.15) is 0 Å². The molecule has 0 aliphatic carbocycles. The van der Waals surface area contributed by atoms with Crippen LogP contribution in [0, 0.1) is 5.41 Å². The van der Waals surface area contributed by atoms with Crippen LogP contribution in [-0.2, 0) is 0 Å². The molecule has 0 bridgehead atoms. The molecule has 1 aromatic heterocycles.